The van der Waals surface area contributed by atoms with Crippen LogP contribution in [0.25, 0.3) is 0 Å². The van der Waals surface area contributed by atoms with E-state index in [1.165, 1.54) is 24.8 Å². The number of nitrogens with zero attached hydrogens (tertiary/aromatic N) is 1. The van der Waals surface area contributed by atoms with E-state index in [0.717, 1.165) is 19.4 Å². The lowest BCUT2D eigenvalue weighted by Crippen LogP contribution is -2.32. The summed E-state index contributed by atoms with van der Waals surface area (Å²) in [7, 11) is 4.10. The monoisotopic (exact) mass is 291 g/mol. The van der Waals surface area contributed by atoms with Crippen molar-refractivity contribution >= 4 is 5.97 Å². The Morgan fingerprint density at radius 2 is 2.19 bits per heavy atom. The Labute approximate surface area is 128 Å². The number of carbonyl (C=O) groups is 1. The summed E-state index contributed by atoms with van der Waals surface area (Å²) in [6.07, 6.45) is 8.48. The van der Waals surface area contributed by atoms with Crippen molar-refractivity contribution in [1.82, 2.24) is 4.90 Å². The van der Waals surface area contributed by atoms with Gasteiger partial charge in [-0.2, -0.15) is 0 Å². The molecule has 0 aromatic carbocycles. The van der Waals surface area contributed by atoms with Gasteiger partial charge in [-0.25, -0.2) is 0 Å². The molecule has 0 aromatic heterocycles. The maximum absolute atomic E-state index is 12.4. The average Bonchev–Trinajstić information content (AvgIpc) is 2.97. The Morgan fingerprint density at radius 1 is 1.43 bits per heavy atom. The van der Waals surface area contributed by atoms with E-state index in [1.807, 2.05) is 14.1 Å². The summed E-state index contributed by atoms with van der Waals surface area (Å²) < 4.78 is 5.88. The molecule has 21 heavy (non-hydrogen) atoms. The number of rotatable bonds is 2. The summed E-state index contributed by atoms with van der Waals surface area (Å²) in [5.74, 6) is 1.13. The number of fused-ring (bicyclic) bond motifs is 3. The van der Waals surface area contributed by atoms with Crippen molar-refractivity contribution in [2.24, 2.45) is 23.2 Å². The molecule has 1 unspecified atom stereocenters. The molecule has 0 spiro atoms. The van der Waals surface area contributed by atoms with Crippen LogP contribution in [-0.4, -0.2) is 37.6 Å². The molecule has 1 saturated carbocycles. The molecule has 0 aromatic rings. The highest BCUT2D eigenvalue weighted by Crippen LogP contribution is 2.61. The van der Waals surface area contributed by atoms with E-state index in [2.05, 4.69) is 24.8 Å². The fourth-order valence-electron chi connectivity index (χ4n) is 4.45. The zero-order valence-electron chi connectivity index (χ0n) is 13.9. The third kappa shape index (κ3) is 2.90. The zero-order valence-corrected chi connectivity index (χ0v) is 13.9. The van der Waals surface area contributed by atoms with Gasteiger partial charge in [0.25, 0.3) is 0 Å². The van der Waals surface area contributed by atoms with Gasteiger partial charge in [0.15, 0.2) is 0 Å². The predicted octanol–water partition coefficient (Wildman–Crippen LogP) is 3.25. The van der Waals surface area contributed by atoms with Gasteiger partial charge >= 0.3 is 5.97 Å². The second-order valence-electron chi connectivity index (χ2n) is 8.03. The van der Waals surface area contributed by atoms with Crippen molar-refractivity contribution in [2.75, 3.05) is 20.6 Å². The van der Waals surface area contributed by atoms with Gasteiger partial charge in [0, 0.05) is 18.4 Å². The number of esters is 1. The molecule has 0 radical (unpaired) electrons. The van der Waals surface area contributed by atoms with Crippen molar-refractivity contribution in [3.05, 3.63) is 11.6 Å². The van der Waals surface area contributed by atoms with Crippen LogP contribution in [0.15, 0.2) is 11.6 Å². The van der Waals surface area contributed by atoms with E-state index in [-0.39, 0.29) is 18.0 Å². The van der Waals surface area contributed by atoms with Crippen LogP contribution in [0.1, 0.15) is 46.0 Å². The van der Waals surface area contributed by atoms with E-state index in [9.17, 15) is 4.79 Å². The maximum atomic E-state index is 12.4. The molecule has 2 fully saturated rings. The minimum atomic E-state index is 0.0498. The van der Waals surface area contributed by atoms with Crippen LogP contribution >= 0.6 is 0 Å². The van der Waals surface area contributed by atoms with Crippen molar-refractivity contribution < 1.29 is 9.53 Å². The first-order valence-electron chi connectivity index (χ1n) is 8.41. The average molecular weight is 291 g/mol. The number of carbonyl (C=O) groups excluding carboxylic acids is 1. The third-order valence-electron chi connectivity index (χ3n) is 5.95. The lowest BCUT2D eigenvalue weighted by atomic mass is 9.80. The quantitative estimate of drug-likeness (QED) is 0.578. The molecule has 3 nitrogen and oxygen atoms in total. The van der Waals surface area contributed by atoms with Crippen LogP contribution in [0.4, 0.5) is 0 Å². The molecule has 3 aliphatic rings. The van der Waals surface area contributed by atoms with Gasteiger partial charge in [-0.15, -0.1) is 0 Å². The molecule has 1 saturated heterocycles. The third-order valence-corrected chi connectivity index (χ3v) is 5.95. The highest BCUT2D eigenvalue weighted by molar-refractivity contribution is 5.75. The summed E-state index contributed by atoms with van der Waals surface area (Å²) in [5.41, 5.74) is 1.89. The first kappa shape index (κ1) is 15.1. The molecule has 0 amide bonds. The SMILES string of the molecule is C/C1=C\CC[C@@]2(C)C[C@H]2[C@H]2OC(=O)[C@@H](CN(C)C)C2CC1. The Bertz CT molecular complexity index is 456. The zero-order chi connectivity index (χ0) is 15.2. The first-order valence-corrected chi connectivity index (χ1v) is 8.41. The van der Waals surface area contributed by atoms with Crippen LogP contribution in [0.5, 0.6) is 0 Å². The second kappa shape index (κ2) is 5.42. The molecule has 2 aliphatic carbocycles. The van der Waals surface area contributed by atoms with Gasteiger partial charge in [0.05, 0.1) is 5.92 Å². The lowest BCUT2D eigenvalue weighted by Gasteiger charge is -2.25. The van der Waals surface area contributed by atoms with Gasteiger partial charge < -0.3 is 9.64 Å². The van der Waals surface area contributed by atoms with Gasteiger partial charge in [-0.3, -0.25) is 4.79 Å². The summed E-state index contributed by atoms with van der Waals surface area (Å²) in [6.45, 7) is 5.45. The molecule has 118 valence electrons. The fraction of sp³-hybridized carbons (Fsp3) is 0.833. The largest absolute Gasteiger partial charge is 0.461 e. The minimum Gasteiger partial charge on any atom is -0.461 e. The van der Waals surface area contributed by atoms with Gasteiger partial charge in [-0.1, -0.05) is 18.6 Å². The standard InChI is InChI=1S/C18H29NO2/c1-12-6-5-9-18(2)10-15(18)16-13(8-7-12)14(11-19(3)4)17(20)21-16/h6,13-16H,5,7-11H2,1-4H3/b12-6+/t13?,14-,15-,16-,18-/m0/s1. The Kier molecular flexibility index (Phi) is 3.89. The molecular formula is C18H29NO2. The molecular weight excluding hydrogens is 262 g/mol. The second-order valence-corrected chi connectivity index (χ2v) is 8.03. The lowest BCUT2D eigenvalue weighted by molar-refractivity contribution is -0.145. The number of hydrogen-bond donors (Lipinski definition) is 0. The van der Waals surface area contributed by atoms with Crippen LogP contribution in [-0.2, 0) is 9.53 Å². The molecule has 0 N–H and O–H groups in total. The van der Waals surface area contributed by atoms with Crippen LogP contribution in [0.2, 0.25) is 0 Å². The molecule has 3 rings (SSSR count). The normalized spacial score (nSPS) is 45.4. The molecule has 1 heterocycles. The van der Waals surface area contributed by atoms with E-state index in [4.69, 9.17) is 4.74 Å². The number of allylic oxidation sites excluding steroid dienone is 2. The molecule has 1 aliphatic heterocycles. The smallest absolute Gasteiger partial charge is 0.310 e. The Morgan fingerprint density at radius 3 is 2.90 bits per heavy atom. The first-order chi connectivity index (χ1) is 9.90. The minimum absolute atomic E-state index is 0.0498. The predicted molar refractivity (Wildman–Crippen MR) is 83.9 cm³/mol. The fourth-order valence-corrected chi connectivity index (χ4v) is 4.45. The summed E-state index contributed by atoms with van der Waals surface area (Å²) in [4.78, 5) is 14.5. The maximum Gasteiger partial charge on any atom is 0.310 e. The highest BCUT2D eigenvalue weighted by atomic mass is 16.6. The highest BCUT2D eigenvalue weighted by Gasteiger charge is 2.60. The van der Waals surface area contributed by atoms with E-state index >= 15 is 0 Å². The van der Waals surface area contributed by atoms with Crippen molar-refractivity contribution in [2.45, 2.75) is 52.1 Å². The van der Waals surface area contributed by atoms with E-state index < -0.39 is 0 Å². The summed E-state index contributed by atoms with van der Waals surface area (Å²) in [6, 6.07) is 0. The van der Waals surface area contributed by atoms with Crippen LogP contribution in [0, 0.1) is 23.2 Å². The van der Waals surface area contributed by atoms with Crippen molar-refractivity contribution in [1.29, 1.82) is 0 Å². The molecule has 0 bridgehead atoms. The summed E-state index contributed by atoms with van der Waals surface area (Å²) in [5, 5.41) is 0. The molecule has 5 atom stereocenters. The van der Waals surface area contributed by atoms with Gasteiger partial charge in [0.1, 0.15) is 6.10 Å². The Balaban J connectivity index is 1.83. The Hall–Kier alpha value is -0.830. The topological polar surface area (TPSA) is 29.5 Å². The van der Waals surface area contributed by atoms with Gasteiger partial charge in [-0.05, 0) is 58.5 Å². The number of ether oxygens (including phenoxy) is 1. The number of hydrogen-bond acceptors (Lipinski definition) is 3. The summed E-state index contributed by atoms with van der Waals surface area (Å²) >= 11 is 0. The van der Waals surface area contributed by atoms with Crippen molar-refractivity contribution in [3.8, 4) is 0 Å². The van der Waals surface area contributed by atoms with E-state index in [1.54, 1.807) is 0 Å². The van der Waals surface area contributed by atoms with Crippen molar-refractivity contribution in [3.63, 3.8) is 0 Å². The molecule has 3 heteroatoms. The van der Waals surface area contributed by atoms with Crippen LogP contribution in [0.3, 0.4) is 0 Å². The van der Waals surface area contributed by atoms with Crippen LogP contribution < -0.4 is 0 Å². The van der Waals surface area contributed by atoms with Gasteiger partial charge in [0.2, 0.25) is 0 Å². The van der Waals surface area contributed by atoms with E-state index in [0.29, 0.717) is 17.3 Å².